The molecule has 0 saturated carbocycles. The van der Waals surface area contributed by atoms with Crippen molar-refractivity contribution >= 4 is 5.78 Å². The van der Waals surface area contributed by atoms with Gasteiger partial charge in [0.15, 0.2) is 29.1 Å². The van der Waals surface area contributed by atoms with Crippen molar-refractivity contribution in [1.29, 1.82) is 0 Å². The Labute approximate surface area is 82.9 Å². The van der Waals surface area contributed by atoms with Crippen molar-refractivity contribution in [3.63, 3.8) is 0 Å². The van der Waals surface area contributed by atoms with Gasteiger partial charge in [-0.2, -0.15) is 0 Å². The number of rotatable bonds is 3. The molecule has 0 saturated heterocycles. The lowest BCUT2D eigenvalue weighted by molar-refractivity contribution is 0.0987. The lowest BCUT2D eigenvalue weighted by Crippen LogP contribution is -2.20. The number of benzene rings is 1. The molecule has 0 aliphatic carbocycles. The maximum absolute atomic E-state index is 13.0. The van der Waals surface area contributed by atoms with Crippen LogP contribution < -0.4 is 5.32 Å². The van der Waals surface area contributed by atoms with E-state index in [4.69, 9.17) is 0 Å². The molecule has 0 aliphatic heterocycles. The Hall–Kier alpha value is -1.43. The lowest BCUT2D eigenvalue weighted by Gasteiger charge is -2.04. The molecule has 0 radical (unpaired) electrons. The summed E-state index contributed by atoms with van der Waals surface area (Å²) in [6.07, 6.45) is 0. The van der Waals surface area contributed by atoms with Crippen molar-refractivity contribution in [3.8, 4) is 0 Å². The number of nitrogens with one attached hydrogen (secondary N) is 1. The third-order valence-corrected chi connectivity index (χ3v) is 1.74. The molecule has 2 nitrogen and oxygen atoms in total. The van der Waals surface area contributed by atoms with Crippen molar-refractivity contribution in [2.75, 3.05) is 13.6 Å². The highest BCUT2D eigenvalue weighted by Gasteiger charge is 2.22. The van der Waals surface area contributed by atoms with Gasteiger partial charge in [-0.1, -0.05) is 0 Å². The van der Waals surface area contributed by atoms with Gasteiger partial charge in [-0.3, -0.25) is 4.79 Å². The number of hydrogen-bond acceptors (Lipinski definition) is 2. The van der Waals surface area contributed by atoms with E-state index in [9.17, 15) is 22.4 Å². The highest BCUT2D eigenvalue weighted by atomic mass is 19.2. The largest absolute Gasteiger partial charge is 0.313 e. The van der Waals surface area contributed by atoms with Crippen LogP contribution in [0.15, 0.2) is 6.07 Å². The Morgan fingerprint density at radius 1 is 1.20 bits per heavy atom. The topological polar surface area (TPSA) is 29.1 Å². The van der Waals surface area contributed by atoms with Crippen molar-refractivity contribution in [1.82, 2.24) is 5.32 Å². The molecule has 82 valence electrons. The Balaban J connectivity index is 3.26. The fourth-order valence-corrected chi connectivity index (χ4v) is 1.03. The highest BCUT2D eigenvalue weighted by molar-refractivity contribution is 5.97. The summed E-state index contributed by atoms with van der Waals surface area (Å²) in [5.41, 5.74) is -0.805. The summed E-state index contributed by atoms with van der Waals surface area (Å²) in [5, 5.41) is 2.39. The zero-order chi connectivity index (χ0) is 11.6. The highest BCUT2D eigenvalue weighted by Crippen LogP contribution is 2.18. The summed E-state index contributed by atoms with van der Waals surface area (Å²) < 4.78 is 50.8. The van der Waals surface area contributed by atoms with Gasteiger partial charge < -0.3 is 5.32 Å². The van der Waals surface area contributed by atoms with Crippen LogP contribution in [0.5, 0.6) is 0 Å². The predicted octanol–water partition coefficient (Wildman–Crippen LogP) is 1.65. The predicted molar refractivity (Wildman–Crippen MR) is 44.5 cm³/mol. The fourth-order valence-electron chi connectivity index (χ4n) is 1.03. The first-order valence-corrected chi connectivity index (χ1v) is 3.99. The van der Waals surface area contributed by atoms with Crippen LogP contribution in [0.3, 0.4) is 0 Å². The van der Waals surface area contributed by atoms with Gasteiger partial charge in [-0.05, 0) is 13.1 Å². The molecule has 0 bridgehead atoms. The standard InChI is InChI=1S/C9H7F4NO/c1-14-3-6(15)4-2-5(10)8(12)9(13)7(4)11/h2,14H,3H2,1H3. The number of Topliss-reactive ketones (excluding diaryl/α,β-unsaturated/α-hetero) is 1. The van der Waals surface area contributed by atoms with E-state index in [2.05, 4.69) is 5.32 Å². The Morgan fingerprint density at radius 3 is 2.33 bits per heavy atom. The quantitative estimate of drug-likeness (QED) is 0.364. The monoisotopic (exact) mass is 221 g/mol. The maximum Gasteiger partial charge on any atom is 0.198 e. The molecule has 1 aromatic carbocycles. The normalized spacial score (nSPS) is 10.5. The second kappa shape index (κ2) is 4.39. The molecule has 0 spiro atoms. The molecule has 6 heteroatoms. The molecule has 0 amide bonds. The van der Waals surface area contributed by atoms with Crippen LogP contribution in [0.1, 0.15) is 10.4 Å². The Kier molecular flexibility index (Phi) is 3.41. The smallest absolute Gasteiger partial charge is 0.198 e. The van der Waals surface area contributed by atoms with Crippen molar-refractivity contribution < 1.29 is 22.4 Å². The summed E-state index contributed by atoms with van der Waals surface area (Å²) in [6.45, 7) is -0.290. The third-order valence-electron chi connectivity index (χ3n) is 1.74. The third kappa shape index (κ3) is 2.15. The number of hydrogen-bond donors (Lipinski definition) is 1. The average Bonchev–Trinajstić information content (AvgIpc) is 2.20. The van der Waals surface area contributed by atoms with Gasteiger partial charge in [-0.15, -0.1) is 0 Å². The molecule has 0 aliphatic rings. The van der Waals surface area contributed by atoms with Crippen LogP contribution in [0.2, 0.25) is 0 Å². The molecule has 0 aromatic heterocycles. The van der Waals surface area contributed by atoms with Crippen molar-refractivity contribution in [2.24, 2.45) is 0 Å². The Morgan fingerprint density at radius 2 is 1.80 bits per heavy atom. The number of halogens is 4. The van der Waals surface area contributed by atoms with E-state index in [0.29, 0.717) is 6.07 Å². The first-order valence-electron chi connectivity index (χ1n) is 3.99. The maximum atomic E-state index is 13.0. The number of carbonyl (C=O) groups is 1. The molecular formula is C9H7F4NO. The summed E-state index contributed by atoms with van der Waals surface area (Å²) in [5.74, 6) is -8.02. The molecule has 0 atom stereocenters. The van der Waals surface area contributed by atoms with Gasteiger partial charge in [0.1, 0.15) is 0 Å². The summed E-state index contributed by atoms with van der Waals surface area (Å²) >= 11 is 0. The average molecular weight is 221 g/mol. The molecule has 1 N–H and O–H groups in total. The first kappa shape index (κ1) is 11.6. The van der Waals surface area contributed by atoms with Gasteiger partial charge in [0.25, 0.3) is 0 Å². The summed E-state index contributed by atoms with van der Waals surface area (Å²) in [4.78, 5) is 11.1. The van der Waals surface area contributed by atoms with Crippen LogP contribution in [0, 0.1) is 23.3 Å². The van der Waals surface area contributed by atoms with E-state index in [1.165, 1.54) is 7.05 Å². The first-order chi connectivity index (χ1) is 6.99. The SMILES string of the molecule is CNCC(=O)c1cc(F)c(F)c(F)c1F. The van der Waals surface area contributed by atoms with E-state index in [-0.39, 0.29) is 6.54 Å². The number of ketones is 1. The van der Waals surface area contributed by atoms with E-state index < -0.39 is 34.6 Å². The minimum absolute atomic E-state index is 0.290. The Bertz CT molecular complexity index is 406. The molecule has 0 fully saturated rings. The summed E-state index contributed by atoms with van der Waals surface area (Å²) in [7, 11) is 1.41. The summed E-state index contributed by atoms with van der Waals surface area (Å²) in [6, 6.07) is 0.341. The van der Waals surface area contributed by atoms with Crippen molar-refractivity contribution in [2.45, 2.75) is 0 Å². The molecule has 1 aromatic rings. The lowest BCUT2D eigenvalue weighted by atomic mass is 10.1. The van der Waals surface area contributed by atoms with E-state index in [1.807, 2.05) is 0 Å². The molecule has 0 heterocycles. The van der Waals surface area contributed by atoms with Crippen LogP contribution in [-0.2, 0) is 0 Å². The minimum atomic E-state index is -1.98. The van der Waals surface area contributed by atoms with E-state index in [0.717, 1.165) is 0 Å². The number of likely N-dealkylation sites (N-methyl/N-ethyl adjacent to an activating group) is 1. The van der Waals surface area contributed by atoms with Crippen LogP contribution in [0.4, 0.5) is 17.6 Å². The van der Waals surface area contributed by atoms with Gasteiger partial charge in [0.05, 0.1) is 12.1 Å². The van der Waals surface area contributed by atoms with Crippen LogP contribution in [0.25, 0.3) is 0 Å². The van der Waals surface area contributed by atoms with Crippen molar-refractivity contribution in [3.05, 3.63) is 34.9 Å². The van der Waals surface area contributed by atoms with Crippen LogP contribution >= 0.6 is 0 Å². The van der Waals surface area contributed by atoms with Gasteiger partial charge in [0, 0.05) is 0 Å². The van der Waals surface area contributed by atoms with Crippen LogP contribution in [-0.4, -0.2) is 19.4 Å². The molecule has 1 rings (SSSR count). The van der Waals surface area contributed by atoms with Gasteiger partial charge in [0.2, 0.25) is 0 Å². The van der Waals surface area contributed by atoms with E-state index >= 15 is 0 Å². The second-order valence-electron chi connectivity index (χ2n) is 2.80. The van der Waals surface area contributed by atoms with Gasteiger partial charge in [-0.25, -0.2) is 17.6 Å². The second-order valence-corrected chi connectivity index (χ2v) is 2.80. The fraction of sp³-hybridized carbons (Fsp3) is 0.222. The van der Waals surface area contributed by atoms with E-state index in [1.54, 1.807) is 0 Å². The number of carbonyl (C=O) groups excluding carboxylic acids is 1. The molecule has 0 unspecified atom stereocenters. The molecular weight excluding hydrogens is 214 g/mol. The zero-order valence-electron chi connectivity index (χ0n) is 7.70. The zero-order valence-corrected chi connectivity index (χ0v) is 7.70. The van der Waals surface area contributed by atoms with Gasteiger partial charge >= 0.3 is 0 Å². The minimum Gasteiger partial charge on any atom is -0.313 e. The molecule has 15 heavy (non-hydrogen) atoms.